The van der Waals surface area contributed by atoms with Gasteiger partial charge < -0.3 is 14.2 Å². The minimum Gasteiger partial charge on any atom is -0.483 e. The molecule has 27 heavy (non-hydrogen) atoms. The number of carbonyl (C=O) groups excluding carboxylic acids is 1. The van der Waals surface area contributed by atoms with Crippen LogP contribution < -0.4 is 4.74 Å². The number of hydrogen-bond donors (Lipinski definition) is 0. The summed E-state index contributed by atoms with van der Waals surface area (Å²) in [6, 6.07) is 4.62. The zero-order chi connectivity index (χ0) is 20.7. The Labute approximate surface area is 164 Å². The highest BCUT2D eigenvalue weighted by Gasteiger charge is 2.39. The Balaban J connectivity index is 0.000000424. The minimum atomic E-state index is -0.433. The second-order valence-corrected chi connectivity index (χ2v) is 6.15. The summed E-state index contributed by atoms with van der Waals surface area (Å²) in [6.07, 6.45) is 5.33. The highest BCUT2D eigenvalue weighted by molar-refractivity contribution is 5.51. The van der Waals surface area contributed by atoms with E-state index in [9.17, 15) is 9.18 Å². The second-order valence-electron chi connectivity index (χ2n) is 6.15. The standard InChI is InChI=1S/C9H9FO2.C9H16O2.2C2H6/c1-7-3-2-4-8(10)9(7)12-6-5-11;1-8-2-4-9(5-3-8)10-6-7-11-9;2*1-2/h2-5H,6H2,1H3;8H,2-7H2,1H3;2*1-2H3. The van der Waals surface area contributed by atoms with Gasteiger partial charge in [0.25, 0.3) is 0 Å². The summed E-state index contributed by atoms with van der Waals surface area (Å²) in [4.78, 5) is 9.95. The van der Waals surface area contributed by atoms with Crippen LogP contribution in [0.4, 0.5) is 4.39 Å². The third-order valence-electron chi connectivity index (χ3n) is 4.31. The molecule has 4 nitrogen and oxygen atoms in total. The fourth-order valence-electron chi connectivity index (χ4n) is 2.90. The van der Waals surface area contributed by atoms with Gasteiger partial charge in [0.1, 0.15) is 6.61 Å². The molecule has 1 saturated heterocycles. The number of aldehydes is 1. The molecule has 0 atom stereocenters. The lowest BCUT2D eigenvalue weighted by molar-refractivity contribution is -0.181. The molecule has 0 bridgehead atoms. The SMILES string of the molecule is CC.CC.CC1CCC2(CC1)OCCO2.Cc1cccc(F)c1OCC=O. The van der Waals surface area contributed by atoms with Crippen molar-refractivity contribution in [2.45, 2.75) is 73.0 Å². The first-order chi connectivity index (χ1) is 13.1. The fraction of sp³-hybridized carbons (Fsp3) is 0.682. The summed E-state index contributed by atoms with van der Waals surface area (Å²) in [5.74, 6) is 0.446. The topological polar surface area (TPSA) is 44.8 Å². The van der Waals surface area contributed by atoms with Crippen LogP contribution in [-0.4, -0.2) is 31.9 Å². The first-order valence-corrected chi connectivity index (χ1v) is 10.2. The van der Waals surface area contributed by atoms with E-state index >= 15 is 0 Å². The van der Waals surface area contributed by atoms with Gasteiger partial charge in [-0.1, -0.05) is 46.8 Å². The third kappa shape index (κ3) is 8.85. The number of aryl methyl sites for hydroxylation is 1. The molecule has 2 aliphatic rings. The van der Waals surface area contributed by atoms with Crippen molar-refractivity contribution < 1.29 is 23.4 Å². The van der Waals surface area contributed by atoms with E-state index in [0.717, 1.165) is 32.0 Å². The van der Waals surface area contributed by atoms with Crippen LogP contribution in [0, 0.1) is 18.7 Å². The Bertz CT molecular complexity index is 483. The third-order valence-corrected chi connectivity index (χ3v) is 4.31. The predicted octanol–water partition coefficient (Wildman–Crippen LogP) is 5.70. The molecule has 1 spiro atoms. The lowest BCUT2D eigenvalue weighted by atomic mass is 9.86. The van der Waals surface area contributed by atoms with Crippen LogP contribution in [0.25, 0.3) is 0 Å². The molecule has 1 saturated carbocycles. The van der Waals surface area contributed by atoms with Crippen LogP contribution >= 0.6 is 0 Å². The molecule has 1 aromatic rings. The number of rotatable bonds is 3. The van der Waals surface area contributed by atoms with Gasteiger partial charge in [-0.05, 0) is 37.3 Å². The molecule has 0 aromatic heterocycles. The molecule has 1 aliphatic heterocycles. The van der Waals surface area contributed by atoms with Crippen molar-refractivity contribution in [2.75, 3.05) is 19.8 Å². The average molecular weight is 385 g/mol. The molecule has 1 aromatic carbocycles. The molecule has 1 heterocycles. The summed E-state index contributed by atoms with van der Waals surface area (Å²) in [6.45, 7) is 13.5. The van der Waals surface area contributed by atoms with Crippen molar-refractivity contribution >= 4 is 6.29 Å². The smallest absolute Gasteiger partial charge is 0.168 e. The predicted molar refractivity (Wildman–Crippen MR) is 108 cm³/mol. The van der Waals surface area contributed by atoms with Gasteiger partial charge in [0.05, 0.1) is 13.2 Å². The van der Waals surface area contributed by atoms with Crippen LogP contribution in [0.15, 0.2) is 18.2 Å². The average Bonchev–Trinajstić information content (AvgIpc) is 3.16. The van der Waals surface area contributed by atoms with Gasteiger partial charge in [0.2, 0.25) is 0 Å². The first-order valence-electron chi connectivity index (χ1n) is 10.2. The van der Waals surface area contributed by atoms with Gasteiger partial charge in [-0.2, -0.15) is 0 Å². The Morgan fingerprint density at radius 2 is 1.70 bits per heavy atom. The zero-order valence-electron chi connectivity index (χ0n) is 17.8. The van der Waals surface area contributed by atoms with Crippen molar-refractivity contribution in [1.82, 2.24) is 0 Å². The number of benzene rings is 1. The van der Waals surface area contributed by atoms with Gasteiger partial charge >= 0.3 is 0 Å². The summed E-state index contributed by atoms with van der Waals surface area (Å²) < 4.78 is 29.0. The van der Waals surface area contributed by atoms with Crippen LogP contribution in [0.3, 0.4) is 0 Å². The fourth-order valence-corrected chi connectivity index (χ4v) is 2.90. The number of para-hydroxylation sites is 1. The van der Waals surface area contributed by atoms with Gasteiger partial charge in [0, 0.05) is 12.8 Å². The van der Waals surface area contributed by atoms with Crippen LogP contribution in [-0.2, 0) is 14.3 Å². The highest BCUT2D eigenvalue weighted by Crippen LogP contribution is 2.37. The van der Waals surface area contributed by atoms with Crippen LogP contribution in [0.2, 0.25) is 0 Å². The lowest BCUT2D eigenvalue weighted by Crippen LogP contribution is -2.34. The Hall–Kier alpha value is -1.46. The Morgan fingerprint density at radius 1 is 1.15 bits per heavy atom. The monoisotopic (exact) mass is 384 g/mol. The molecule has 0 amide bonds. The lowest BCUT2D eigenvalue weighted by Gasteiger charge is -2.33. The molecule has 1 aliphatic carbocycles. The number of halogens is 1. The van der Waals surface area contributed by atoms with Gasteiger partial charge in [-0.25, -0.2) is 4.39 Å². The van der Waals surface area contributed by atoms with E-state index < -0.39 is 5.82 Å². The zero-order valence-corrected chi connectivity index (χ0v) is 17.8. The maximum atomic E-state index is 12.9. The van der Waals surface area contributed by atoms with E-state index in [2.05, 4.69) is 6.92 Å². The molecular weight excluding hydrogens is 347 g/mol. The molecule has 0 unspecified atom stereocenters. The van der Waals surface area contributed by atoms with Gasteiger partial charge in [-0.3, -0.25) is 4.79 Å². The summed E-state index contributed by atoms with van der Waals surface area (Å²) in [5, 5.41) is 0. The second kappa shape index (κ2) is 14.6. The van der Waals surface area contributed by atoms with E-state index in [1.807, 2.05) is 27.7 Å². The maximum Gasteiger partial charge on any atom is 0.168 e. The normalized spacial score (nSPS) is 17.4. The summed E-state index contributed by atoms with van der Waals surface area (Å²) in [5.41, 5.74) is 0.692. The highest BCUT2D eigenvalue weighted by atomic mass is 19.1. The van der Waals surface area contributed by atoms with E-state index in [1.165, 1.54) is 18.9 Å². The number of carbonyl (C=O) groups is 1. The summed E-state index contributed by atoms with van der Waals surface area (Å²) in [7, 11) is 0. The van der Waals surface area contributed by atoms with E-state index in [4.69, 9.17) is 14.2 Å². The number of ether oxygens (including phenoxy) is 3. The van der Waals surface area contributed by atoms with E-state index in [1.54, 1.807) is 19.1 Å². The van der Waals surface area contributed by atoms with Crippen molar-refractivity contribution in [1.29, 1.82) is 0 Å². The van der Waals surface area contributed by atoms with Crippen LogP contribution in [0.1, 0.15) is 65.9 Å². The quantitative estimate of drug-likeness (QED) is 0.627. The van der Waals surface area contributed by atoms with Crippen molar-refractivity contribution in [2.24, 2.45) is 5.92 Å². The molecular formula is C22H37FO4. The molecule has 0 N–H and O–H groups in total. The van der Waals surface area contributed by atoms with Crippen molar-refractivity contribution in [3.05, 3.63) is 29.6 Å². The largest absolute Gasteiger partial charge is 0.483 e. The minimum absolute atomic E-state index is 0.109. The maximum absolute atomic E-state index is 12.9. The van der Waals surface area contributed by atoms with Gasteiger partial charge in [0.15, 0.2) is 23.6 Å². The van der Waals surface area contributed by atoms with E-state index in [-0.39, 0.29) is 18.1 Å². The molecule has 5 heteroatoms. The van der Waals surface area contributed by atoms with Crippen LogP contribution in [0.5, 0.6) is 5.75 Å². The number of hydrogen-bond acceptors (Lipinski definition) is 4. The summed E-state index contributed by atoms with van der Waals surface area (Å²) >= 11 is 0. The van der Waals surface area contributed by atoms with E-state index in [0.29, 0.717) is 11.8 Å². The van der Waals surface area contributed by atoms with Crippen molar-refractivity contribution in [3.8, 4) is 5.75 Å². The molecule has 2 fully saturated rings. The Morgan fingerprint density at radius 3 is 2.19 bits per heavy atom. The van der Waals surface area contributed by atoms with Crippen molar-refractivity contribution in [3.63, 3.8) is 0 Å². The first kappa shape index (κ1) is 25.5. The van der Waals surface area contributed by atoms with Gasteiger partial charge in [-0.15, -0.1) is 0 Å². The Kier molecular flexibility index (Phi) is 13.8. The molecule has 0 radical (unpaired) electrons. The molecule has 3 rings (SSSR count). The molecule has 156 valence electrons.